The molecule has 0 saturated carbocycles. The Balaban J connectivity index is 1.75. The number of nitrogens with two attached hydrogens (primary N) is 1. The number of carbonyl (C=O) groups excluding carboxylic acids is 6. The van der Waals surface area contributed by atoms with Crippen LogP contribution in [0.25, 0.3) is 0 Å². The Kier molecular flexibility index (Phi) is 13.9. The second-order valence-electron chi connectivity index (χ2n) is 14.5. The highest BCUT2D eigenvalue weighted by molar-refractivity contribution is 5.97. The summed E-state index contributed by atoms with van der Waals surface area (Å²) in [7, 11) is 0. The number of aliphatic hydroxyl groups is 6. The predicted molar refractivity (Wildman–Crippen MR) is 185 cm³/mol. The van der Waals surface area contributed by atoms with E-state index in [1.54, 1.807) is 6.92 Å². The zero-order chi connectivity index (χ0) is 40.2. The van der Waals surface area contributed by atoms with Crippen molar-refractivity contribution >= 4 is 35.4 Å². The fraction of sp³-hybridized carbons (Fsp3) is 0.647. The number of aromatic hydroxyl groups is 1. The molecule has 0 bridgehead atoms. The number of carbonyl (C=O) groups is 6. The molecule has 3 saturated heterocycles. The molecule has 3 aliphatic rings. The molecule has 54 heavy (non-hydrogen) atoms. The van der Waals surface area contributed by atoms with Gasteiger partial charge in [-0.05, 0) is 37.0 Å². The number of rotatable bonds is 5. The monoisotopic (exact) mass is 765 g/mol. The smallest absolute Gasteiger partial charge is 0.248 e. The number of nitrogens with one attached hydrogen (secondary N) is 4. The number of hydrogen-bond donors (Lipinski definition) is 12. The first-order valence-electron chi connectivity index (χ1n) is 17.7. The van der Waals surface area contributed by atoms with Gasteiger partial charge < -0.3 is 72.5 Å². The van der Waals surface area contributed by atoms with Crippen LogP contribution in [0.3, 0.4) is 0 Å². The Morgan fingerprint density at radius 1 is 0.796 bits per heavy atom. The summed E-state index contributed by atoms with van der Waals surface area (Å²) in [6.07, 6.45) is -9.54. The van der Waals surface area contributed by atoms with Gasteiger partial charge in [0.05, 0.1) is 31.0 Å². The minimum atomic E-state index is -2.08. The quantitative estimate of drug-likeness (QED) is 0.133. The lowest BCUT2D eigenvalue weighted by molar-refractivity contribution is -0.147. The number of benzene rings is 1. The van der Waals surface area contributed by atoms with Gasteiger partial charge in [0.25, 0.3) is 0 Å². The Hall–Kier alpha value is -4.44. The van der Waals surface area contributed by atoms with E-state index in [0.29, 0.717) is 5.56 Å². The standard InChI is InChI=1S/C34H51N7O13/c1-14-8-21-29(49)38-25(22(45)9-17-4-6-18(44)7-5-17)31(51)36-20(13-42)33(53)41-12-15(2)27(47)26(41)32(52)39-30(50)23(46)10-19(35)28(48)37-24(16(3)43)34(54)40(21)11-14/h4-7,14-16,19-27,30,42-47,50H,8-13,35H2,1-3H3,(H,36,51)(H,37,48)(H,38,49)(H,39,52). The van der Waals surface area contributed by atoms with Crippen molar-refractivity contribution in [1.29, 1.82) is 0 Å². The summed E-state index contributed by atoms with van der Waals surface area (Å²) in [5.74, 6) is -7.24. The zero-order valence-electron chi connectivity index (χ0n) is 30.1. The van der Waals surface area contributed by atoms with E-state index in [0.717, 1.165) is 9.80 Å². The van der Waals surface area contributed by atoms with Crippen LogP contribution < -0.4 is 27.0 Å². The lowest BCUT2D eigenvalue weighted by Gasteiger charge is -2.32. The summed E-state index contributed by atoms with van der Waals surface area (Å²) in [4.78, 5) is 83.9. The maximum absolute atomic E-state index is 13.9. The first kappa shape index (κ1) is 42.3. The first-order valence-corrected chi connectivity index (χ1v) is 17.7. The summed E-state index contributed by atoms with van der Waals surface area (Å²) in [6.45, 7) is 3.17. The van der Waals surface area contributed by atoms with Crippen LogP contribution in [0.2, 0.25) is 0 Å². The minimum absolute atomic E-state index is 0.0119. The molecule has 0 spiro atoms. The van der Waals surface area contributed by atoms with E-state index in [9.17, 15) is 64.5 Å². The average molecular weight is 766 g/mol. The molecule has 20 heteroatoms. The highest BCUT2D eigenvalue weighted by Crippen LogP contribution is 2.27. The number of aliphatic hydroxyl groups excluding tert-OH is 6. The number of hydrogen-bond acceptors (Lipinski definition) is 14. The molecule has 300 valence electrons. The van der Waals surface area contributed by atoms with Crippen molar-refractivity contribution in [1.82, 2.24) is 31.1 Å². The van der Waals surface area contributed by atoms with Gasteiger partial charge in [0.2, 0.25) is 35.4 Å². The van der Waals surface area contributed by atoms with Crippen molar-refractivity contribution in [2.24, 2.45) is 17.6 Å². The summed E-state index contributed by atoms with van der Waals surface area (Å²) < 4.78 is 0. The van der Waals surface area contributed by atoms with Gasteiger partial charge in [-0.25, -0.2) is 0 Å². The van der Waals surface area contributed by atoms with E-state index in [1.165, 1.54) is 38.1 Å². The van der Waals surface area contributed by atoms with Crippen molar-refractivity contribution in [3.05, 3.63) is 29.8 Å². The number of fused-ring (bicyclic) bond motifs is 2. The minimum Gasteiger partial charge on any atom is -0.508 e. The van der Waals surface area contributed by atoms with Crippen molar-refractivity contribution in [2.45, 2.75) is 107 Å². The van der Waals surface area contributed by atoms with Gasteiger partial charge in [-0.3, -0.25) is 28.8 Å². The number of amides is 6. The molecular formula is C34H51N7O13. The SMILES string of the molecule is CC1CC2C(=O)NC(C(O)Cc3ccc(O)cc3)C(=O)NC(CO)C(=O)N3CC(C)C(O)C3C(=O)NC(O)C(O)CC(N)C(=O)NC(C(C)O)C(=O)N2C1. The van der Waals surface area contributed by atoms with Gasteiger partial charge in [-0.1, -0.05) is 26.0 Å². The maximum atomic E-state index is 13.9. The Morgan fingerprint density at radius 3 is 2.04 bits per heavy atom. The molecule has 0 aliphatic carbocycles. The highest BCUT2D eigenvalue weighted by atomic mass is 16.3. The molecule has 4 rings (SSSR count). The third kappa shape index (κ3) is 9.61. The van der Waals surface area contributed by atoms with Crippen LogP contribution in [0, 0.1) is 11.8 Å². The second-order valence-corrected chi connectivity index (χ2v) is 14.5. The molecule has 13 unspecified atom stereocenters. The molecule has 6 amide bonds. The summed E-state index contributed by atoms with van der Waals surface area (Å²) in [5.41, 5.74) is 6.40. The fourth-order valence-corrected chi connectivity index (χ4v) is 6.96. The first-order chi connectivity index (χ1) is 25.3. The average Bonchev–Trinajstić information content (AvgIpc) is 3.66. The maximum Gasteiger partial charge on any atom is 0.248 e. The second kappa shape index (κ2) is 17.8. The van der Waals surface area contributed by atoms with Gasteiger partial charge in [-0.15, -0.1) is 0 Å². The van der Waals surface area contributed by atoms with Gasteiger partial charge >= 0.3 is 0 Å². The van der Waals surface area contributed by atoms with Gasteiger partial charge in [0.15, 0.2) is 6.23 Å². The zero-order valence-corrected chi connectivity index (χ0v) is 30.1. The van der Waals surface area contributed by atoms with Crippen LogP contribution in [-0.4, -0.2) is 168 Å². The number of phenols is 1. The topological polar surface area (TPSA) is 325 Å². The van der Waals surface area contributed by atoms with Gasteiger partial charge in [0.1, 0.15) is 42.1 Å². The van der Waals surface area contributed by atoms with E-state index < -0.39 is 121 Å². The molecule has 0 aromatic heterocycles. The van der Waals surface area contributed by atoms with Gasteiger partial charge in [0, 0.05) is 31.8 Å². The van der Waals surface area contributed by atoms with Crippen LogP contribution in [-0.2, 0) is 35.2 Å². The van der Waals surface area contributed by atoms with Crippen LogP contribution in [0.4, 0.5) is 0 Å². The molecule has 20 nitrogen and oxygen atoms in total. The Labute approximate surface area is 310 Å². The molecule has 1 aromatic carbocycles. The lowest BCUT2D eigenvalue weighted by atomic mass is 9.99. The Morgan fingerprint density at radius 2 is 1.43 bits per heavy atom. The third-order valence-corrected chi connectivity index (χ3v) is 10.1. The van der Waals surface area contributed by atoms with Crippen LogP contribution in [0.1, 0.15) is 39.2 Å². The number of phenolic OH excluding ortho intramolecular Hbond substituents is 1. The molecular weight excluding hydrogens is 714 g/mol. The van der Waals surface area contributed by atoms with Crippen molar-refractivity contribution in [3.8, 4) is 5.75 Å². The van der Waals surface area contributed by atoms with Crippen molar-refractivity contribution in [2.75, 3.05) is 19.7 Å². The van der Waals surface area contributed by atoms with Crippen LogP contribution in [0.5, 0.6) is 5.75 Å². The molecule has 3 heterocycles. The van der Waals surface area contributed by atoms with E-state index >= 15 is 0 Å². The van der Waals surface area contributed by atoms with E-state index in [2.05, 4.69) is 21.3 Å². The Bertz CT molecular complexity index is 1550. The van der Waals surface area contributed by atoms with Crippen molar-refractivity contribution < 1.29 is 64.5 Å². The van der Waals surface area contributed by atoms with Gasteiger partial charge in [-0.2, -0.15) is 0 Å². The number of nitrogens with zero attached hydrogens (tertiary/aromatic N) is 2. The van der Waals surface area contributed by atoms with E-state index in [-0.39, 0.29) is 37.6 Å². The molecule has 3 fully saturated rings. The van der Waals surface area contributed by atoms with Crippen LogP contribution >= 0.6 is 0 Å². The van der Waals surface area contributed by atoms with E-state index in [1.807, 2.05) is 0 Å². The van der Waals surface area contributed by atoms with Crippen LogP contribution in [0.15, 0.2) is 24.3 Å². The fourth-order valence-electron chi connectivity index (χ4n) is 6.96. The molecule has 13 N–H and O–H groups in total. The molecule has 1 aromatic rings. The predicted octanol–water partition coefficient (Wildman–Crippen LogP) is -5.91. The molecule has 3 aliphatic heterocycles. The summed E-state index contributed by atoms with van der Waals surface area (Å²) >= 11 is 0. The lowest BCUT2D eigenvalue weighted by Crippen LogP contribution is -2.63. The van der Waals surface area contributed by atoms with Crippen molar-refractivity contribution in [3.63, 3.8) is 0 Å². The highest BCUT2D eigenvalue weighted by Gasteiger charge is 2.48. The third-order valence-electron chi connectivity index (χ3n) is 10.1. The summed E-state index contributed by atoms with van der Waals surface area (Å²) in [5, 5.41) is 83.2. The van der Waals surface area contributed by atoms with E-state index in [4.69, 9.17) is 5.73 Å². The molecule has 13 atom stereocenters. The largest absolute Gasteiger partial charge is 0.508 e. The normalized spacial score (nSPS) is 34.8. The molecule has 0 radical (unpaired) electrons. The summed E-state index contributed by atoms with van der Waals surface area (Å²) in [6, 6.07) is -4.21.